The Kier molecular flexibility index (Phi) is 4.31. The molecule has 3 heteroatoms. The third-order valence-electron chi connectivity index (χ3n) is 2.92. The maximum absolute atomic E-state index is 11.9. The van der Waals surface area contributed by atoms with Gasteiger partial charge in [-0.05, 0) is 30.2 Å². The van der Waals surface area contributed by atoms with Crippen LogP contribution in [0.1, 0.15) is 16.7 Å². The zero-order valence-electron chi connectivity index (χ0n) is 11.0. The van der Waals surface area contributed by atoms with Gasteiger partial charge in [0.1, 0.15) is 0 Å². The molecule has 3 nitrogen and oxygen atoms in total. The first-order valence-corrected chi connectivity index (χ1v) is 6.32. The molecule has 98 valence electrons. The molecule has 0 fully saturated rings. The van der Waals surface area contributed by atoms with Gasteiger partial charge in [-0.25, -0.2) is 0 Å². The van der Waals surface area contributed by atoms with Crippen molar-refractivity contribution in [3.05, 3.63) is 65.2 Å². The molecule has 0 aliphatic rings. The Hall–Kier alpha value is -2.13. The molecule has 0 aliphatic carbocycles. The fraction of sp³-hybridized carbons (Fsp3) is 0.188. The number of hydrogen-bond acceptors (Lipinski definition) is 2. The molecule has 0 atom stereocenters. The van der Waals surface area contributed by atoms with Crippen molar-refractivity contribution in [2.45, 2.75) is 19.9 Å². The summed E-state index contributed by atoms with van der Waals surface area (Å²) in [6, 6.07) is 15.6. The van der Waals surface area contributed by atoms with Crippen molar-refractivity contribution in [3.63, 3.8) is 0 Å². The lowest BCUT2D eigenvalue weighted by Crippen LogP contribution is -2.14. The quantitative estimate of drug-likeness (QED) is 0.881. The van der Waals surface area contributed by atoms with Crippen molar-refractivity contribution in [1.82, 2.24) is 0 Å². The second-order valence-corrected chi connectivity index (χ2v) is 4.62. The van der Waals surface area contributed by atoms with Crippen LogP contribution >= 0.6 is 0 Å². The van der Waals surface area contributed by atoms with E-state index in [0.29, 0.717) is 13.0 Å². The SMILES string of the molecule is Cc1cccc(CC(=O)Nc2ccc(CN)cc2)c1. The minimum Gasteiger partial charge on any atom is -0.326 e. The Bertz CT molecular complexity index is 561. The highest BCUT2D eigenvalue weighted by molar-refractivity contribution is 5.92. The number of hydrogen-bond donors (Lipinski definition) is 2. The summed E-state index contributed by atoms with van der Waals surface area (Å²) >= 11 is 0. The number of carbonyl (C=O) groups excluding carboxylic acids is 1. The van der Waals surface area contributed by atoms with Gasteiger partial charge < -0.3 is 11.1 Å². The number of nitrogens with two attached hydrogens (primary N) is 1. The molecule has 19 heavy (non-hydrogen) atoms. The number of nitrogens with one attached hydrogen (secondary N) is 1. The number of benzene rings is 2. The molecule has 0 aliphatic heterocycles. The number of anilines is 1. The summed E-state index contributed by atoms with van der Waals surface area (Å²) < 4.78 is 0. The van der Waals surface area contributed by atoms with Gasteiger partial charge in [-0.2, -0.15) is 0 Å². The third-order valence-corrected chi connectivity index (χ3v) is 2.92. The molecular formula is C16H18N2O. The molecule has 3 N–H and O–H groups in total. The lowest BCUT2D eigenvalue weighted by molar-refractivity contribution is -0.115. The van der Waals surface area contributed by atoms with Crippen LogP contribution in [0, 0.1) is 6.92 Å². The van der Waals surface area contributed by atoms with Crippen LogP contribution in [-0.2, 0) is 17.8 Å². The summed E-state index contributed by atoms with van der Waals surface area (Å²) in [5, 5.41) is 2.88. The van der Waals surface area contributed by atoms with Crippen molar-refractivity contribution in [2.75, 3.05) is 5.32 Å². The average molecular weight is 254 g/mol. The van der Waals surface area contributed by atoms with Crippen LogP contribution in [-0.4, -0.2) is 5.91 Å². The standard InChI is InChI=1S/C16H18N2O/c1-12-3-2-4-14(9-12)10-16(19)18-15-7-5-13(11-17)6-8-15/h2-9H,10-11,17H2,1H3,(H,18,19). The van der Waals surface area contributed by atoms with Crippen molar-refractivity contribution in [3.8, 4) is 0 Å². The lowest BCUT2D eigenvalue weighted by atomic mass is 10.1. The molecule has 0 saturated heterocycles. The second kappa shape index (κ2) is 6.16. The van der Waals surface area contributed by atoms with Gasteiger partial charge in [0.25, 0.3) is 0 Å². The monoisotopic (exact) mass is 254 g/mol. The fourth-order valence-corrected chi connectivity index (χ4v) is 1.94. The first kappa shape index (κ1) is 13.3. The molecule has 0 radical (unpaired) electrons. The van der Waals surface area contributed by atoms with Gasteiger partial charge in [-0.1, -0.05) is 42.0 Å². The van der Waals surface area contributed by atoms with E-state index in [9.17, 15) is 4.79 Å². The van der Waals surface area contributed by atoms with E-state index in [0.717, 1.165) is 22.4 Å². The summed E-state index contributed by atoms with van der Waals surface area (Å²) in [5.74, 6) is -0.00824. The van der Waals surface area contributed by atoms with E-state index >= 15 is 0 Å². The van der Waals surface area contributed by atoms with Crippen molar-refractivity contribution >= 4 is 11.6 Å². The van der Waals surface area contributed by atoms with E-state index < -0.39 is 0 Å². The molecule has 0 aromatic heterocycles. The highest BCUT2D eigenvalue weighted by Gasteiger charge is 2.04. The Labute approximate surface area is 113 Å². The van der Waals surface area contributed by atoms with Crippen LogP contribution in [0.2, 0.25) is 0 Å². The smallest absolute Gasteiger partial charge is 0.228 e. The van der Waals surface area contributed by atoms with Crippen molar-refractivity contribution in [1.29, 1.82) is 0 Å². The van der Waals surface area contributed by atoms with Crippen LogP contribution in [0.4, 0.5) is 5.69 Å². The Balaban J connectivity index is 1.97. The third kappa shape index (κ3) is 3.93. The Morgan fingerprint density at radius 1 is 1.11 bits per heavy atom. The number of carbonyl (C=O) groups is 1. The number of amides is 1. The molecule has 0 spiro atoms. The van der Waals surface area contributed by atoms with Crippen LogP contribution in [0.3, 0.4) is 0 Å². The molecule has 0 unspecified atom stereocenters. The zero-order chi connectivity index (χ0) is 13.7. The molecule has 2 aromatic rings. The van der Waals surface area contributed by atoms with Crippen LogP contribution < -0.4 is 11.1 Å². The first-order valence-electron chi connectivity index (χ1n) is 6.32. The largest absolute Gasteiger partial charge is 0.326 e. The summed E-state index contributed by atoms with van der Waals surface area (Å²) in [6.07, 6.45) is 0.389. The van der Waals surface area contributed by atoms with E-state index in [1.54, 1.807) is 0 Å². The molecular weight excluding hydrogens is 236 g/mol. The predicted molar refractivity (Wildman–Crippen MR) is 77.8 cm³/mol. The van der Waals surface area contributed by atoms with E-state index in [-0.39, 0.29) is 5.91 Å². The number of aryl methyl sites for hydroxylation is 1. The maximum Gasteiger partial charge on any atom is 0.228 e. The van der Waals surface area contributed by atoms with Gasteiger partial charge in [0.2, 0.25) is 5.91 Å². The highest BCUT2D eigenvalue weighted by Crippen LogP contribution is 2.10. The van der Waals surface area contributed by atoms with Gasteiger partial charge in [0, 0.05) is 12.2 Å². The topological polar surface area (TPSA) is 55.1 Å². The van der Waals surface area contributed by atoms with Gasteiger partial charge in [-0.15, -0.1) is 0 Å². The maximum atomic E-state index is 11.9. The Morgan fingerprint density at radius 2 is 1.84 bits per heavy atom. The minimum atomic E-state index is -0.00824. The fourth-order valence-electron chi connectivity index (χ4n) is 1.94. The van der Waals surface area contributed by atoms with E-state index in [2.05, 4.69) is 5.32 Å². The van der Waals surface area contributed by atoms with E-state index in [1.165, 1.54) is 0 Å². The lowest BCUT2D eigenvalue weighted by Gasteiger charge is -2.06. The number of rotatable bonds is 4. The average Bonchev–Trinajstić information content (AvgIpc) is 2.39. The summed E-state index contributed by atoms with van der Waals surface area (Å²) in [4.78, 5) is 11.9. The highest BCUT2D eigenvalue weighted by atomic mass is 16.1. The normalized spacial score (nSPS) is 10.2. The van der Waals surface area contributed by atoms with Gasteiger partial charge in [0.05, 0.1) is 6.42 Å². The minimum absolute atomic E-state index is 0.00824. The Morgan fingerprint density at radius 3 is 2.47 bits per heavy atom. The zero-order valence-corrected chi connectivity index (χ0v) is 11.0. The van der Waals surface area contributed by atoms with E-state index in [4.69, 9.17) is 5.73 Å². The van der Waals surface area contributed by atoms with Crippen molar-refractivity contribution in [2.24, 2.45) is 5.73 Å². The van der Waals surface area contributed by atoms with Crippen molar-refractivity contribution < 1.29 is 4.79 Å². The predicted octanol–water partition coefficient (Wildman–Crippen LogP) is 2.63. The molecule has 0 heterocycles. The van der Waals surface area contributed by atoms with Crippen LogP contribution in [0.25, 0.3) is 0 Å². The molecule has 2 rings (SSSR count). The van der Waals surface area contributed by atoms with Crippen LogP contribution in [0.15, 0.2) is 48.5 Å². The summed E-state index contributed by atoms with van der Waals surface area (Å²) in [7, 11) is 0. The summed E-state index contributed by atoms with van der Waals surface area (Å²) in [5.41, 5.74) is 9.57. The summed E-state index contributed by atoms with van der Waals surface area (Å²) in [6.45, 7) is 2.53. The molecule has 2 aromatic carbocycles. The van der Waals surface area contributed by atoms with Gasteiger partial charge in [0.15, 0.2) is 0 Å². The van der Waals surface area contributed by atoms with Crippen LogP contribution in [0.5, 0.6) is 0 Å². The second-order valence-electron chi connectivity index (χ2n) is 4.62. The first-order chi connectivity index (χ1) is 9.17. The van der Waals surface area contributed by atoms with E-state index in [1.807, 2.05) is 55.5 Å². The van der Waals surface area contributed by atoms with Gasteiger partial charge >= 0.3 is 0 Å². The molecule has 0 saturated carbocycles. The van der Waals surface area contributed by atoms with Gasteiger partial charge in [-0.3, -0.25) is 4.79 Å². The molecule has 0 bridgehead atoms. The molecule has 1 amide bonds.